The number of thioether (sulfide) groups is 2. The fraction of sp³-hybridized carbons (Fsp3) is 0.500. The van der Waals surface area contributed by atoms with Crippen molar-refractivity contribution >= 4 is 35.1 Å². The van der Waals surface area contributed by atoms with Crippen LogP contribution in [0, 0.1) is 0 Å². The summed E-state index contributed by atoms with van der Waals surface area (Å²) in [4.78, 5) is 0. The molecule has 0 saturated carbocycles. The quantitative estimate of drug-likeness (QED) is 0.760. The standard InChI is InChI=1S/C12H13ClOS2/c13-10-7-9(12-15-4-1-5-16-12)6-8-2-3-14-11(8)10/h6-7,12H,1-5H2. The van der Waals surface area contributed by atoms with E-state index in [0.29, 0.717) is 4.58 Å². The topological polar surface area (TPSA) is 9.23 Å². The highest BCUT2D eigenvalue weighted by molar-refractivity contribution is 8.16. The normalized spacial score (nSPS) is 20.6. The maximum absolute atomic E-state index is 6.25. The van der Waals surface area contributed by atoms with Crippen molar-refractivity contribution in [2.24, 2.45) is 0 Å². The van der Waals surface area contributed by atoms with E-state index in [1.807, 2.05) is 23.5 Å². The smallest absolute Gasteiger partial charge is 0.141 e. The number of rotatable bonds is 1. The number of ether oxygens (including phenoxy) is 1. The summed E-state index contributed by atoms with van der Waals surface area (Å²) >= 11 is 10.3. The summed E-state index contributed by atoms with van der Waals surface area (Å²) in [7, 11) is 0. The Hall–Kier alpha value is 0.01000. The second kappa shape index (κ2) is 4.71. The largest absolute Gasteiger partial charge is 0.491 e. The van der Waals surface area contributed by atoms with Crippen molar-refractivity contribution in [1.29, 1.82) is 0 Å². The highest BCUT2D eigenvalue weighted by atomic mass is 35.5. The average Bonchev–Trinajstić information content (AvgIpc) is 2.79. The van der Waals surface area contributed by atoms with Gasteiger partial charge in [-0.1, -0.05) is 11.6 Å². The first-order valence-electron chi connectivity index (χ1n) is 5.53. The van der Waals surface area contributed by atoms with Crippen LogP contribution in [0.2, 0.25) is 5.02 Å². The molecule has 0 amide bonds. The molecular formula is C12H13ClOS2. The Morgan fingerprint density at radius 1 is 1.25 bits per heavy atom. The van der Waals surface area contributed by atoms with Crippen molar-refractivity contribution in [3.8, 4) is 5.75 Å². The molecule has 86 valence electrons. The van der Waals surface area contributed by atoms with Gasteiger partial charge in [-0.15, -0.1) is 23.5 Å². The van der Waals surface area contributed by atoms with E-state index in [4.69, 9.17) is 16.3 Å². The van der Waals surface area contributed by atoms with Gasteiger partial charge in [0.2, 0.25) is 0 Å². The molecule has 0 aromatic heterocycles. The predicted octanol–water partition coefficient (Wildman–Crippen LogP) is 4.14. The van der Waals surface area contributed by atoms with Gasteiger partial charge in [-0.25, -0.2) is 0 Å². The van der Waals surface area contributed by atoms with Gasteiger partial charge in [0.25, 0.3) is 0 Å². The maximum atomic E-state index is 6.25. The van der Waals surface area contributed by atoms with Gasteiger partial charge >= 0.3 is 0 Å². The van der Waals surface area contributed by atoms with E-state index in [0.717, 1.165) is 23.8 Å². The van der Waals surface area contributed by atoms with E-state index in [9.17, 15) is 0 Å². The monoisotopic (exact) mass is 272 g/mol. The van der Waals surface area contributed by atoms with Crippen LogP contribution in [-0.2, 0) is 6.42 Å². The Labute approximate surface area is 109 Å². The third-order valence-electron chi connectivity index (χ3n) is 2.86. The third-order valence-corrected chi connectivity index (χ3v) is 6.16. The molecule has 4 heteroatoms. The van der Waals surface area contributed by atoms with E-state index in [1.165, 1.54) is 29.1 Å². The van der Waals surface area contributed by atoms with Gasteiger partial charge in [-0.2, -0.15) is 0 Å². The van der Waals surface area contributed by atoms with Crippen LogP contribution in [0.5, 0.6) is 5.75 Å². The number of fused-ring (bicyclic) bond motifs is 1. The van der Waals surface area contributed by atoms with Crippen LogP contribution < -0.4 is 4.74 Å². The molecule has 1 fully saturated rings. The van der Waals surface area contributed by atoms with E-state index in [1.54, 1.807) is 0 Å². The summed E-state index contributed by atoms with van der Waals surface area (Å²) in [5.74, 6) is 3.45. The van der Waals surface area contributed by atoms with Gasteiger partial charge in [-0.3, -0.25) is 0 Å². The minimum Gasteiger partial charge on any atom is -0.491 e. The number of hydrogen-bond donors (Lipinski definition) is 0. The van der Waals surface area contributed by atoms with Gasteiger partial charge < -0.3 is 4.74 Å². The fourth-order valence-corrected chi connectivity index (χ4v) is 5.25. The van der Waals surface area contributed by atoms with Crippen molar-refractivity contribution < 1.29 is 4.74 Å². The number of halogens is 1. The van der Waals surface area contributed by atoms with E-state index in [2.05, 4.69) is 12.1 Å². The van der Waals surface area contributed by atoms with Gasteiger partial charge in [-0.05, 0) is 41.2 Å². The first-order valence-corrected chi connectivity index (χ1v) is 8.00. The molecule has 0 radical (unpaired) electrons. The van der Waals surface area contributed by atoms with Gasteiger partial charge in [0.05, 0.1) is 16.2 Å². The molecule has 0 aliphatic carbocycles. The average molecular weight is 273 g/mol. The molecular weight excluding hydrogens is 260 g/mol. The lowest BCUT2D eigenvalue weighted by molar-refractivity contribution is 0.357. The minimum atomic E-state index is 0.567. The first-order chi connectivity index (χ1) is 7.84. The molecule has 16 heavy (non-hydrogen) atoms. The molecule has 2 heterocycles. The molecule has 1 nitrogen and oxygen atoms in total. The van der Waals surface area contributed by atoms with Crippen LogP contribution in [0.4, 0.5) is 0 Å². The molecule has 1 saturated heterocycles. The molecule has 0 spiro atoms. The summed E-state index contributed by atoms with van der Waals surface area (Å²) in [6, 6.07) is 4.37. The fourth-order valence-electron chi connectivity index (χ4n) is 2.10. The van der Waals surface area contributed by atoms with Crippen molar-refractivity contribution in [2.75, 3.05) is 18.1 Å². The zero-order chi connectivity index (χ0) is 11.0. The second-order valence-electron chi connectivity index (χ2n) is 4.02. The summed E-state index contributed by atoms with van der Waals surface area (Å²) in [5, 5.41) is 0.789. The summed E-state index contributed by atoms with van der Waals surface area (Å²) in [6.45, 7) is 0.781. The predicted molar refractivity (Wildman–Crippen MR) is 72.9 cm³/mol. The number of hydrogen-bond acceptors (Lipinski definition) is 3. The Morgan fingerprint density at radius 2 is 2.06 bits per heavy atom. The van der Waals surface area contributed by atoms with Crippen LogP contribution in [0.3, 0.4) is 0 Å². The van der Waals surface area contributed by atoms with Crippen LogP contribution in [0.25, 0.3) is 0 Å². The molecule has 0 unspecified atom stereocenters. The molecule has 2 aliphatic heterocycles. The lowest BCUT2D eigenvalue weighted by Crippen LogP contribution is -2.00. The van der Waals surface area contributed by atoms with Crippen molar-refractivity contribution in [3.05, 3.63) is 28.3 Å². The highest BCUT2D eigenvalue weighted by Gasteiger charge is 2.22. The molecule has 1 aromatic rings. The molecule has 3 rings (SSSR count). The first kappa shape index (κ1) is 11.1. The Bertz CT molecular complexity index is 402. The third kappa shape index (κ3) is 2.05. The Balaban J connectivity index is 1.92. The van der Waals surface area contributed by atoms with Crippen molar-refractivity contribution in [3.63, 3.8) is 0 Å². The molecule has 0 atom stereocenters. The minimum absolute atomic E-state index is 0.567. The van der Waals surface area contributed by atoms with Gasteiger partial charge in [0, 0.05) is 6.42 Å². The van der Waals surface area contributed by atoms with Gasteiger partial charge in [0.1, 0.15) is 5.75 Å². The maximum Gasteiger partial charge on any atom is 0.141 e. The molecule has 2 aliphatic rings. The van der Waals surface area contributed by atoms with Crippen molar-refractivity contribution in [1.82, 2.24) is 0 Å². The van der Waals surface area contributed by atoms with Crippen LogP contribution in [-0.4, -0.2) is 18.1 Å². The molecule has 0 N–H and O–H groups in total. The van der Waals surface area contributed by atoms with Crippen LogP contribution in [0.15, 0.2) is 12.1 Å². The summed E-state index contributed by atoms with van der Waals surface area (Å²) in [5.41, 5.74) is 2.65. The zero-order valence-corrected chi connectivity index (χ0v) is 11.3. The Morgan fingerprint density at radius 3 is 2.88 bits per heavy atom. The van der Waals surface area contributed by atoms with Crippen molar-refractivity contribution in [2.45, 2.75) is 17.4 Å². The number of benzene rings is 1. The molecule has 1 aromatic carbocycles. The zero-order valence-electron chi connectivity index (χ0n) is 8.87. The van der Waals surface area contributed by atoms with Crippen LogP contribution in [0.1, 0.15) is 22.1 Å². The Kier molecular flexibility index (Phi) is 3.27. The lowest BCUT2D eigenvalue weighted by Gasteiger charge is -2.22. The SMILES string of the molecule is Clc1cc(C2SCCCS2)cc2c1OCC2. The van der Waals surface area contributed by atoms with Crippen LogP contribution >= 0.6 is 35.1 Å². The summed E-state index contributed by atoms with van der Waals surface area (Å²) < 4.78 is 6.09. The van der Waals surface area contributed by atoms with E-state index < -0.39 is 0 Å². The molecule has 0 bridgehead atoms. The highest BCUT2D eigenvalue weighted by Crippen LogP contribution is 2.46. The lowest BCUT2D eigenvalue weighted by atomic mass is 10.1. The summed E-state index contributed by atoms with van der Waals surface area (Å²) in [6.07, 6.45) is 2.33. The van der Waals surface area contributed by atoms with Gasteiger partial charge in [0.15, 0.2) is 0 Å². The second-order valence-corrected chi connectivity index (χ2v) is 7.15. The van der Waals surface area contributed by atoms with E-state index in [-0.39, 0.29) is 0 Å². The van der Waals surface area contributed by atoms with E-state index >= 15 is 0 Å².